The summed E-state index contributed by atoms with van der Waals surface area (Å²) in [5, 5.41) is 0. The predicted octanol–water partition coefficient (Wildman–Crippen LogP) is 1.48. The van der Waals surface area contributed by atoms with Crippen LogP contribution in [0, 0.1) is 0 Å². The molecule has 1 aromatic carbocycles. The number of ether oxygens (including phenoxy) is 2. The van der Waals surface area contributed by atoms with Gasteiger partial charge in [-0.25, -0.2) is 0 Å². The van der Waals surface area contributed by atoms with E-state index in [4.69, 9.17) is 9.47 Å². The lowest BCUT2D eigenvalue weighted by Crippen LogP contribution is -2.39. The van der Waals surface area contributed by atoms with Gasteiger partial charge in [-0.2, -0.15) is 0 Å². The fraction of sp³-hybridized carbons (Fsp3) is 0.364. The molecule has 1 heterocycles. The third-order valence-electron chi connectivity index (χ3n) is 2.25. The van der Waals surface area contributed by atoms with Gasteiger partial charge in [-0.15, -0.1) is 0 Å². The highest BCUT2D eigenvalue weighted by atomic mass is 16.7. The van der Waals surface area contributed by atoms with Gasteiger partial charge in [0.05, 0.1) is 13.2 Å². The molecule has 0 aromatic heterocycles. The van der Waals surface area contributed by atoms with E-state index < -0.39 is 5.79 Å². The molecule has 0 aliphatic carbocycles. The Labute approximate surface area is 82.6 Å². The second-order valence-corrected chi connectivity index (χ2v) is 3.20. The fourth-order valence-electron chi connectivity index (χ4n) is 1.52. The maximum Gasteiger partial charge on any atom is 0.253 e. The van der Waals surface area contributed by atoms with Crippen molar-refractivity contribution < 1.29 is 14.3 Å². The van der Waals surface area contributed by atoms with Crippen LogP contribution in [0.25, 0.3) is 0 Å². The molecular formula is C11H12O3. The van der Waals surface area contributed by atoms with E-state index in [9.17, 15) is 4.79 Å². The first kappa shape index (κ1) is 9.37. The standard InChI is InChI=1S/C11H12O3/c12-9-11(13-7-4-8-14-11)10-5-2-1-3-6-10/h1-3,5-6,9H,4,7-8H2. The largest absolute Gasteiger partial charge is 0.340 e. The monoisotopic (exact) mass is 192 g/mol. The first-order chi connectivity index (χ1) is 6.87. The van der Waals surface area contributed by atoms with Crippen LogP contribution in [-0.2, 0) is 20.1 Å². The molecule has 1 aromatic rings. The molecule has 14 heavy (non-hydrogen) atoms. The van der Waals surface area contributed by atoms with Gasteiger partial charge < -0.3 is 9.47 Å². The summed E-state index contributed by atoms with van der Waals surface area (Å²) in [4.78, 5) is 11.0. The van der Waals surface area contributed by atoms with Crippen molar-refractivity contribution in [1.82, 2.24) is 0 Å². The van der Waals surface area contributed by atoms with Gasteiger partial charge in [0, 0.05) is 5.56 Å². The van der Waals surface area contributed by atoms with Crippen molar-refractivity contribution in [3.8, 4) is 0 Å². The maximum absolute atomic E-state index is 11.0. The number of benzene rings is 1. The quantitative estimate of drug-likeness (QED) is 0.666. The molecule has 0 atom stereocenters. The van der Waals surface area contributed by atoms with Crippen LogP contribution in [0.5, 0.6) is 0 Å². The van der Waals surface area contributed by atoms with Crippen LogP contribution < -0.4 is 0 Å². The molecule has 1 aliphatic heterocycles. The highest BCUT2D eigenvalue weighted by Crippen LogP contribution is 2.28. The Morgan fingerprint density at radius 2 is 1.79 bits per heavy atom. The van der Waals surface area contributed by atoms with Crippen LogP contribution in [-0.4, -0.2) is 19.5 Å². The molecule has 0 saturated carbocycles. The average Bonchev–Trinajstić information content (AvgIpc) is 2.31. The van der Waals surface area contributed by atoms with Gasteiger partial charge in [0.1, 0.15) is 0 Å². The van der Waals surface area contributed by atoms with Crippen LogP contribution in [0.4, 0.5) is 0 Å². The molecule has 74 valence electrons. The minimum atomic E-state index is -1.17. The summed E-state index contributed by atoms with van der Waals surface area (Å²) in [6, 6.07) is 9.29. The van der Waals surface area contributed by atoms with Crippen molar-refractivity contribution in [2.75, 3.05) is 13.2 Å². The normalized spacial score (nSPS) is 20.3. The SMILES string of the molecule is O=CC1(c2ccccc2)OCCCO1. The molecule has 1 saturated heterocycles. The molecule has 0 amide bonds. The van der Waals surface area contributed by atoms with E-state index in [0.29, 0.717) is 13.2 Å². The first-order valence-electron chi connectivity index (χ1n) is 4.67. The second kappa shape index (κ2) is 3.90. The molecule has 2 rings (SSSR count). The predicted molar refractivity (Wildman–Crippen MR) is 50.7 cm³/mol. The van der Waals surface area contributed by atoms with Crippen molar-refractivity contribution in [1.29, 1.82) is 0 Å². The van der Waals surface area contributed by atoms with Crippen LogP contribution in [0.1, 0.15) is 12.0 Å². The molecule has 0 spiro atoms. The Kier molecular flexibility index (Phi) is 2.61. The molecule has 0 radical (unpaired) electrons. The zero-order valence-electron chi connectivity index (χ0n) is 7.81. The average molecular weight is 192 g/mol. The van der Waals surface area contributed by atoms with Crippen LogP contribution in [0.15, 0.2) is 30.3 Å². The van der Waals surface area contributed by atoms with Crippen molar-refractivity contribution in [2.45, 2.75) is 12.2 Å². The van der Waals surface area contributed by atoms with E-state index in [1.54, 1.807) is 0 Å². The second-order valence-electron chi connectivity index (χ2n) is 3.20. The maximum atomic E-state index is 11.0. The summed E-state index contributed by atoms with van der Waals surface area (Å²) in [6.45, 7) is 1.13. The first-order valence-corrected chi connectivity index (χ1v) is 4.67. The molecule has 1 aliphatic rings. The molecular weight excluding hydrogens is 180 g/mol. The number of carbonyl (C=O) groups is 1. The number of aldehydes is 1. The van der Waals surface area contributed by atoms with Gasteiger partial charge in [0.2, 0.25) is 0 Å². The summed E-state index contributed by atoms with van der Waals surface area (Å²) < 4.78 is 10.8. The Balaban J connectivity index is 2.32. The number of carbonyl (C=O) groups excluding carboxylic acids is 1. The lowest BCUT2D eigenvalue weighted by molar-refractivity contribution is -0.251. The lowest BCUT2D eigenvalue weighted by atomic mass is 10.1. The number of hydrogen-bond acceptors (Lipinski definition) is 3. The number of hydrogen-bond donors (Lipinski definition) is 0. The van der Waals surface area contributed by atoms with Crippen LogP contribution in [0.2, 0.25) is 0 Å². The Morgan fingerprint density at radius 3 is 2.36 bits per heavy atom. The van der Waals surface area contributed by atoms with E-state index in [1.165, 1.54) is 0 Å². The van der Waals surface area contributed by atoms with Crippen LogP contribution >= 0.6 is 0 Å². The number of rotatable bonds is 2. The van der Waals surface area contributed by atoms with Gasteiger partial charge in [0.15, 0.2) is 6.29 Å². The molecule has 0 N–H and O–H groups in total. The summed E-state index contributed by atoms with van der Waals surface area (Å²) in [5.41, 5.74) is 0.759. The zero-order chi connectivity index (χ0) is 9.86. The summed E-state index contributed by atoms with van der Waals surface area (Å²) >= 11 is 0. The summed E-state index contributed by atoms with van der Waals surface area (Å²) in [7, 11) is 0. The Hall–Kier alpha value is -1.19. The van der Waals surface area contributed by atoms with Gasteiger partial charge in [-0.05, 0) is 6.42 Å². The van der Waals surface area contributed by atoms with Crippen molar-refractivity contribution in [2.24, 2.45) is 0 Å². The van der Waals surface area contributed by atoms with Gasteiger partial charge in [0.25, 0.3) is 5.79 Å². The lowest BCUT2D eigenvalue weighted by Gasteiger charge is -2.32. The zero-order valence-corrected chi connectivity index (χ0v) is 7.81. The molecule has 1 fully saturated rings. The fourth-order valence-corrected chi connectivity index (χ4v) is 1.52. The highest BCUT2D eigenvalue weighted by Gasteiger charge is 2.36. The topological polar surface area (TPSA) is 35.5 Å². The van der Waals surface area contributed by atoms with Gasteiger partial charge in [-0.3, -0.25) is 4.79 Å². The minimum absolute atomic E-state index is 0.563. The van der Waals surface area contributed by atoms with E-state index in [-0.39, 0.29) is 0 Å². The van der Waals surface area contributed by atoms with E-state index in [2.05, 4.69) is 0 Å². The van der Waals surface area contributed by atoms with Gasteiger partial charge in [-0.1, -0.05) is 30.3 Å². The Morgan fingerprint density at radius 1 is 1.14 bits per heavy atom. The third-order valence-corrected chi connectivity index (χ3v) is 2.25. The van der Waals surface area contributed by atoms with Crippen molar-refractivity contribution in [3.63, 3.8) is 0 Å². The van der Waals surface area contributed by atoms with E-state index >= 15 is 0 Å². The minimum Gasteiger partial charge on any atom is -0.340 e. The van der Waals surface area contributed by atoms with Crippen molar-refractivity contribution >= 4 is 6.29 Å². The third kappa shape index (κ3) is 1.56. The molecule has 3 heteroatoms. The van der Waals surface area contributed by atoms with E-state index in [1.807, 2.05) is 30.3 Å². The van der Waals surface area contributed by atoms with Crippen molar-refractivity contribution in [3.05, 3.63) is 35.9 Å². The molecule has 0 unspecified atom stereocenters. The van der Waals surface area contributed by atoms with Gasteiger partial charge >= 0.3 is 0 Å². The Bertz CT molecular complexity index is 302. The summed E-state index contributed by atoms with van der Waals surface area (Å²) in [5.74, 6) is -1.17. The summed E-state index contributed by atoms with van der Waals surface area (Å²) in [6.07, 6.45) is 1.56. The van der Waals surface area contributed by atoms with Crippen LogP contribution in [0.3, 0.4) is 0 Å². The molecule has 0 bridgehead atoms. The smallest absolute Gasteiger partial charge is 0.253 e. The molecule has 3 nitrogen and oxygen atoms in total. The highest BCUT2D eigenvalue weighted by molar-refractivity contribution is 5.64. The van der Waals surface area contributed by atoms with E-state index in [0.717, 1.165) is 18.3 Å².